The fraction of sp³-hybridized carbons (Fsp3) is 0.269. The third-order valence-corrected chi connectivity index (χ3v) is 5.67. The molecular formula is C26H26N4O2. The summed E-state index contributed by atoms with van der Waals surface area (Å²) in [5, 5.41) is 13.5. The Hall–Kier alpha value is -3.85. The van der Waals surface area contributed by atoms with Gasteiger partial charge in [-0.25, -0.2) is 4.98 Å². The van der Waals surface area contributed by atoms with Gasteiger partial charge in [-0.05, 0) is 55.5 Å². The number of nitriles is 1. The van der Waals surface area contributed by atoms with E-state index in [9.17, 15) is 10.1 Å². The molecule has 0 aliphatic rings. The maximum absolute atomic E-state index is 12.1. The summed E-state index contributed by atoms with van der Waals surface area (Å²) in [6, 6.07) is 20.5. The lowest BCUT2D eigenvalue weighted by molar-refractivity contribution is -0.143. The number of nitrogens with one attached hydrogen (secondary N) is 1. The molecule has 4 rings (SSSR count). The van der Waals surface area contributed by atoms with Gasteiger partial charge in [-0.3, -0.25) is 9.20 Å². The Bertz CT molecular complexity index is 1300. The van der Waals surface area contributed by atoms with Crippen molar-refractivity contribution in [2.75, 3.05) is 18.5 Å². The van der Waals surface area contributed by atoms with Crippen LogP contribution in [0.25, 0.3) is 16.7 Å². The minimum atomic E-state index is -0.240. The van der Waals surface area contributed by atoms with Crippen LogP contribution in [-0.2, 0) is 22.4 Å². The van der Waals surface area contributed by atoms with Crippen molar-refractivity contribution in [1.82, 2.24) is 9.38 Å². The SMILES string of the molecule is CCOC(=O)CCc1c(C)c(C#N)c2nc3ccccc3n2c1NCCc1ccccc1. The molecule has 4 aromatic rings. The Balaban J connectivity index is 1.81. The van der Waals surface area contributed by atoms with E-state index in [1.165, 1.54) is 5.56 Å². The number of aromatic nitrogens is 2. The maximum atomic E-state index is 12.1. The van der Waals surface area contributed by atoms with Crippen LogP contribution in [0.2, 0.25) is 0 Å². The maximum Gasteiger partial charge on any atom is 0.306 e. The van der Waals surface area contributed by atoms with Gasteiger partial charge in [-0.2, -0.15) is 5.26 Å². The highest BCUT2D eigenvalue weighted by Gasteiger charge is 2.21. The summed E-state index contributed by atoms with van der Waals surface area (Å²) in [6.45, 7) is 4.80. The highest BCUT2D eigenvalue weighted by atomic mass is 16.5. The molecule has 0 radical (unpaired) electrons. The summed E-state index contributed by atoms with van der Waals surface area (Å²) in [7, 11) is 0. The van der Waals surface area contributed by atoms with E-state index >= 15 is 0 Å². The number of benzene rings is 2. The van der Waals surface area contributed by atoms with Crippen molar-refractivity contribution < 1.29 is 9.53 Å². The molecule has 162 valence electrons. The van der Waals surface area contributed by atoms with Gasteiger partial charge < -0.3 is 10.1 Å². The largest absolute Gasteiger partial charge is 0.466 e. The van der Waals surface area contributed by atoms with Crippen molar-refractivity contribution in [2.45, 2.75) is 33.1 Å². The highest BCUT2D eigenvalue weighted by molar-refractivity contribution is 5.86. The molecule has 0 aliphatic carbocycles. The van der Waals surface area contributed by atoms with Crippen LogP contribution >= 0.6 is 0 Å². The number of pyridine rings is 1. The number of para-hydroxylation sites is 2. The number of rotatable bonds is 8. The lowest BCUT2D eigenvalue weighted by atomic mass is 10.00. The number of hydrogen-bond acceptors (Lipinski definition) is 5. The summed E-state index contributed by atoms with van der Waals surface area (Å²) in [4.78, 5) is 16.8. The first-order valence-corrected chi connectivity index (χ1v) is 10.9. The summed E-state index contributed by atoms with van der Waals surface area (Å²) >= 11 is 0. The topological polar surface area (TPSA) is 79.4 Å². The molecule has 0 saturated heterocycles. The van der Waals surface area contributed by atoms with E-state index < -0.39 is 0 Å². The number of carbonyl (C=O) groups excluding carboxylic acids is 1. The van der Waals surface area contributed by atoms with Crippen LogP contribution in [0.5, 0.6) is 0 Å². The Morgan fingerprint density at radius 1 is 1.12 bits per heavy atom. The summed E-state index contributed by atoms with van der Waals surface area (Å²) in [5.74, 6) is 0.640. The molecule has 0 saturated carbocycles. The summed E-state index contributed by atoms with van der Waals surface area (Å²) < 4.78 is 7.16. The van der Waals surface area contributed by atoms with Crippen LogP contribution in [-0.4, -0.2) is 28.5 Å². The lowest BCUT2D eigenvalue weighted by Gasteiger charge is -2.19. The number of anilines is 1. The predicted octanol–water partition coefficient (Wildman–Crippen LogP) is 4.82. The molecule has 0 unspecified atom stereocenters. The molecule has 0 amide bonds. The van der Waals surface area contributed by atoms with E-state index in [1.807, 2.05) is 53.8 Å². The van der Waals surface area contributed by atoms with Crippen molar-refractivity contribution in [3.63, 3.8) is 0 Å². The van der Waals surface area contributed by atoms with Crippen LogP contribution in [0, 0.1) is 18.3 Å². The molecule has 2 aromatic heterocycles. The second-order valence-electron chi connectivity index (χ2n) is 7.67. The van der Waals surface area contributed by atoms with Crippen molar-refractivity contribution in [3.05, 3.63) is 76.9 Å². The monoisotopic (exact) mass is 426 g/mol. The quantitative estimate of drug-likeness (QED) is 0.409. The van der Waals surface area contributed by atoms with Crippen LogP contribution in [0.1, 0.15) is 35.6 Å². The molecule has 2 aromatic carbocycles. The van der Waals surface area contributed by atoms with Crippen molar-refractivity contribution in [3.8, 4) is 6.07 Å². The Morgan fingerprint density at radius 3 is 2.62 bits per heavy atom. The number of hydrogen-bond donors (Lipinski definition) is 1. The van der Waals surface area contributed by atoms with E-state index in [0.717, 1.165) is 34.4 Å². The van der Waals surface area contributed by atoms with Gasteiger partial charge >= 0.3 is 5.97 Å². The van der Waals surface area contributed by atoms with E-state index in [0.29, 0.717) is 30.8 Å². The zero-order valence-electron chi connectivity index (χ0n) is 18.4. The fourth-order valence-electron chi connectivity index (χ4n) is 4.11. The average Bonchev–Trinajstić information content (AvgIpc) is 3.18. The smallest absolute Gasteiger partial charge is 0.306 e. The first-order valence-electron chi connectivity index (χ1n) is 10.9. The number of nitrogens with zero attached hydrogens (tertiary/aromatic N) is 3. The normalized spacial score (nSPS) is 10.9. The first kappa shape index (κ1) is 21.4. The van der Waals surface area contributed by atoms with Crippen molar-refractivity contribution in [1.29, 1.82) is 5.26 Å². The van der Waals surface area contributed by atoms with Gasteiger partial charge in [0, 0.05) is 13.0 Å². The molecule has 0 bridgehead atoms. The number of ether oxygens (including phenoxy) is 1. The van der Waals surface area contributed by atoms with Gasteiger partial charge in [0.1, 0.15) is 11.9 Å². The van der Waals surface area contributed by atoms with Crippen LogP contribution in [0.4, 0.5) is 5.82 Å². The molecule has 1 N–H and O–H groups in total. The summed E-state index contributed by atoms with van der Waals surface area (Å²) in [6.07, 6.45) is 1.59. The number of esters is 1. The van der Waals surface area contributed by atoms with Crippen LogP contribution < -0.4 is 5.32 Å². The second kappa shape index (κ2) is 9.52. The lowest BCUT2D eigenvalue weighted by Crippen LogP contribution is -2.15. The van der Waals surface area contributed by atoms with Crippen molar-refractivity contribution in [2.24, 2.45) is 0 Å². The Labute approximate surface area is 187 Å². The molecule has 6 nitrogen and oxygen atoms in total. The minimum Gasteiger partial charge on any atom is -0.466 e. The average molecular weight is 427 g/mol. The molecule has 0 atom stereocenters. The predicted molar refractivity (Wildman–Crippen MR) is 126 cm³/mol. The molecule has 0 aliphatic heterocycles. The third kappa shape index (κ3) is 4.15. The van der Waals surface area contributed by atoms with E-state index in [1.54, 1.807) is 6.92 Å². The van der Waals surface area contributed by atoms with Gasteiger partial charge in [0.2, 0.25) is 0 Å². The Morgan fingerprint density at radius 2 is 1.88 bits per heavy atom. The van der Waals surface area contributed by atoms with Gasteiger partial charge in [0.25, 0.3) is 0 Å². The molecule has 32 heavy (non-hydrogen) atoms. The van der Waals surface area contributed by atoms with E-state index in [2.05, 4.69) is 23.5 Å². The highest BCUT2D eigenvalue weighted by Crippen LogP contribution is 2.32. The van der Waals surface area contributed by atoms with Gasteiger partial charge in [-0.1, -0.05) is 42.5 Å². The van der Waals surface area contributed by atoms with Gasteiger partial charge in [-0.15, -0.1) is 0 Å². The third-order valence-electron chi connectivity index (χ3n) is 5.67. The second-order valence-corrected chi connectivity index (χ2v) is 7.67. The minimum absolute atomic E-state index is 0.240. The fourth-order valence-corrected chi connectivity index (χ4v) is 4.11. The summed E-state index contributed by atoms with van der Waals surface area (Å²) in [5.41, 5.74) is 5.96. The Kier molecular flexibility index (Phi) is 6.37. The number of imidazole rings is 1. The standard InChI is InChI=1S/C26H26N4O2/c1-3-32-24(31)14-13-20-18(2)21(17-27)26-29-22-11-7-8-12-23(22)30(26)25(20)28-16-15-19-9-5-4-6-10-19/h4-12,28H,3,13-16H2,1-2H3. The number of carbonyl (C=O) groups is 1. The number of fused-ring (bicyclic) bond motifs is 3. The van der Waals surface area contributed by atoms with Crippen LogP contribution in [0.15, 0.2) is 54.6 Å². The van der Waals surface area contributed by atoms with Crippen molar-refractivity contribution >= 4 is 28.5 Å². The molecule has 6 heteroatoms. The molecule has 0 spiro atoms. The first-order chi connectivity index (χ1) is 15.6. The molecule has 0 fully saturated rings. The van der Waals surface area contributed by atoms with Gasteiger partial charge in [0.15, 0.2) is 5.65 Å². The van der Waals surface area contributed by atoms with Crippen LogP contribution in [0.3, 0.4) is 0 Å². The molecular weight excluding hydrogens is 400 g/mol. The zero-order valence-corrected chi connectivity index (χ0v) is 18.4. The zero-order chi connectivity index (χ0) is 22.5. The van der Waals surface area contributed by atoms with E-state index in [-0.39, 0.29) is 12.4 Å². The van der Waals surface area contributed by atoms with E-state index in [4.69, 9.17) is 9.72 Å². The van der Waals surface area contributed by atoms with Gasteiger partial charge in [0.05, 0.1) is 23.2 Å². The molecule has 2 heterocycles.